The van der Waals surface area contributed by atoms with Crippen molar-refractivity contribution in [2.75, 3.05) is 5.32 Å². The minimum Gasteiger partial charge on any atom is -0.343 e. The van der Waals surface area contributed by atoms with Gasteiger partial charge in [0, 0.05) is 5.69 Å². The van der Waals surface area contributed by atoms with Crippen molar-refractivity contribution in [1.29, 1.82) is 0 Å². The molecule has 1 aliphatic heterocycles. The first-order chi connectivity index (χ1) is 9.24. The summed E-state index contributed by atoms with van der Waals surface area (Å²) in [4.78, 5) is 30.1. The first-order valence-corrected chi connectivity index (χ1v) is 5.92. The summed E-state index contributed by atoms with van der Waals surface area (Å²) in [5.41, 5.74) is 2.03. The average molecular weight is 256 g/mol. The Kier molecular flexibility index (Phi) is 2.75. The van der Waals surface area contributed by atoms with Gasteiger partial charge in [0.15, 0.2) is 0 Å². The molecule has 0 aliphatic carbocycles. The molecule has 1 aliphatic rings. The second kappa shape index (κ2) is 4.56. The molecule has 0 unspecified atom stereocenters. The van der Waals surface area contributed by atoms with Gasteiger partial charge in [0.2, 0.25) is 5.91 Å². The maximum absolute atomic E-state index is 12.0. The third-order valence-electron chi connectivity index (χ3n) is 3.05. The zero-order valence-electron chi connectivity index (χ0n) is 10.0. The van der Waals surface area contributed by atoms with E-state index in [1.54, 1.807) is 0 Å². The molecule has 2 aromatic rings. The van der Waals surface area contributed by atoms with Crippen molar-refractivity contribution in [3.8, 4) is 0 Å². The van der Waals surface area contributed by atoms with Crippen molar-refractivity contribution >= 4 is 17.5 Å². The van der Waals surface area contributed by atoms with Gasteiger partial charge >= 0.3 is 0 Å². The van der Waals surface area contributed by atoms with Crippen molar-refractivity contribution in [2.45, 2.75) is 12.5 Å². The predicted octanol–water partition coefficient (Wildman–Crippen LogP) is 1.22. The number of H-pyrrole nitrogens is 1. The number of aromatic amines is 1. The van der Waals surface area contributed by atoms with Crippen LogP contribution in [0.1, 0.15) is 28.5 Å². The number of para-hydroxylation sites is 1. The Morgan fingerprint density at radius 1 is 1.37 bits per heavy atom. The Morgan fingerprint density at radius 3 is 3.00 bits per heavy atom. The number of aromatic nitrogens is 2. The van der Waals surface area contributed by atoms with Crippen molar-refractivity contribution in [1.82, 2.24) is 15.3 Å². The van der Waals surface area contributed by atoms with E-state index in [0.717, 1.165) is 11.3 Å². The number of nitrogens with zero attached hydrogens (tertiary/aromatic N) is 1. The summed E-state index contributed by atoms with van der Waals surface area (Å²) in [5, 5.41) is 5.62. The van der Waals surface area contributed by atoms with E-state index < -0.39 is 0 Å². The zero-order valence-corrected chi connectivity index (χ0v) is 10.0. The van der Waals surface area contributed by atoms with E-state index in [9.17, 15) is 9.59 Å². The van der Waals surface area contributed by atoms with Crippen molar-refractivity contribution < 1.29 is 9.59 Å². The average Bonchev–Trinajstić information content (AvgIpc) is 2.92. The third kappa shape index (κ3) is 2.20. The fourth-order valence-corrected chi connectivity index (χ4v) is 2.16. The number of fused-ring (bicyclic) bond motifs is 1. The molecule has 3 N–H and O–H groups in total. The van der Waals surface area contributed by atoms with Gasteiger partial charge in [-0.15, -0.1) is 0 Å². The molecule has 96 valence electrons. The van der Waals surface area contributed by atoms with Crippen LogP contribution in [0.2, 0.25) is 0 Å². The first kappa shape index (κ1) is 11.5. The molecule has 1 aromatic heterocycles. The fourth-order valence-electron chi connectivity index (χ4n) is 2.16. The minimum atomic E-state index is -0.319. The van der Waals surface area contributed by atoms with Crippen molar-refractivity contribution in [3.05, 3.63) is 48.0 Å². The molecular weight excluding hydrogens is 244 g/mol. The van der Waals surface area contributed by atoms with Gasteiger partial charge < -0.3 is 15.6 Å². The normalized spacial score (nSPS) is 17.5. The summed E-state index contributed by atoms with van der Waals surface area (Å²) >= 11 is 0. The van der Waals surface area contributed by atoms with E-state index in [0.29, 0.717) is 5.69 Å². The number of benzene rings is 1. The van der Waals surface area contributed by atoms with Gasteiger partial charge in [0.05, 0.1) is 25.0 Å². The monoisotopic (exact) mass is 256 g/mol. The standard InChI is InChI=1S/C13H12N4O2/c18-12-5-10(8-3-1-2-4-9(8)16-12)17-13(19)11-6-14-7-15-11/h1-4,6-7,10H,5H2,(H,14,15)(H,16,18)(H,17,19)/t10-/m0/s1. The molecule has 6 nitrogen and oxygen atoms in total. The number of rotatable bonds is 2. The largest absolute Gasteiger partial charge is 0.343 e. The van der Waals surface area contributed by atoms with Crippen LogP contribution in [0.15, 0.2) is 36.8 Å². The molecule has 2 heterocycles. The lowest BCUT2D eigenvalue weighted by Gasteiger charge is -2.26. The maximum atomic E-state index is 12.0. The first-order valence-electron chi connectivity index (χ1n) is 5.92. The van der Waals surface area contributed by atoms with E-state index in [-0.39, 0.29) is 24.3 Å². The van der Waals surface area contributed by atoms with Crippen LogP contribution in [-0.4, -0.2) is 21.8 Å². The summed E-state index contributed by atoms with van der Waals surface area (Å²) in [6, 6.07) is 7.12. The number of imidazole rings is 1. The van der Waals surface area contributed by atoms with Gasteiger partial charge in [-0.05, 0) is 11.6 Å². The molecule has 6 heteroatoms. The Morgan fingerprint density at radius 2 is 2.21 bits per heavy atom. The molecule has 0 spiro atoms. The maximum Gasteiger partial charge on any atom is 0.269 e. The Bertz CT molecular complexity index is 621. The summed E-state index contributed by atoms with van der Waals surface area (Å²) in [5.74, 6) is -0.374. The van der Waals surface area contributed by atoms with Gasteiger partial charge in [-0.25, -0.2) is 4.98 Å². The van der Waals surface area contributed by atoms with Crippen molar-refractivity contribution in [2.24, 2.45) is 0 Å². The lowest BCUT2D eigenvalue weighted by atomic mass is 9.97. The smallest absolute Gasteiger partial charge is 0.269 e. The van der Waals surface area contributed by atoms with Gasteiger partial charge in [-0.1, -0.05) is 18.2 Å². The van der Waals surface area contributed by atoms with Crippen LogP contribution in [0.3, 0.4) is 0 Å². The second-order valence-corrected chi connectivity index (χ2v) is 4.33. The summed E-state index contributed by atoms with van der Waals surface area (Å²) < 4.78 is 0. The SMILES string of the molecule is O=C1C[C@H](NC(=O)c2cnc[nH]2)c2ccccc2N1. The van der Waals surface area contributed by atoms with Crippen LogP contribution in [0, 0.1) is 0 Å². The molecule has 0 saturated heterocycles. The summed E-state index contributed by atoms with van der Waals surface area (Å²) in [6.07, 6.45) is 3.12. The van der Waals surface area contributed by atoms with Crippen LogP contribution >= 0.6 is 0 Å². The number of anilines is 1. The molecule has 0 bridgehead atoms. The van der Waals surface area contributed by atoms with E-state index in [4.69, 9.17) is 0 Å². The van der Waals surface area contributed by atoms with Gasteiger partial charge in [0.1, 0.15) is 5.69 Å². The Hall–Kier alpha value is -2.63. The predicted molar refractivity (Wildman–Crippen MR) is 68.5 cm³/mol. The van der Waals surface area contributed by atoms with E-state index in [2.05, 4.69) is 20.6 Å². The highest BCUT2D eigenvalue weighted by atomic mass is 16.2. The number of carbonyl (C=O) groups excluding carboxylic acids is 2. The minimum absolute atomic E-state index is 0.103. The highest BCUT2D eigenvalue weighted by Crippen LogP contribution is 2.29. The fraction of sp³-hybridized carbons (Fsp3) is 0.154. The van der Waals surface area contributed by atoms with Crippen LogP contribution in [0.5, 0.6) is 0 Å². The van der Waals surface area contributed by atoms with Crippen molar-refractivity contribution in [3.63, 3.8) is 0 Å². The van der Waals surface area contributed by atoms with Crippen LogP contribution in [0.25, 0.3) is 0 Å². The van der Waals surface area contributed by atoms with Gasteiger partial charge in [-0.3, -0.25) is 9.59 Å². The van der Waals surface area contributed by atoms with E-state index in [1.165, 1.54) is 12.5 Å². The second-order valence-electron chi connectivity index (χ2n) is 4.33. The van der Waals surface area contributed by atoms with Crippen LogP contribution in [-0.2, 0) is 4.79 Å². The highest BCUT2D eigenvalue weighted by molar-refractivity contribution is 5.97. The van der Waals surface area contributed by atoms with Gasteiger partial charge in [-0.2, -0.15) is 0 Å². The molecule has 0 radical (unpaired) electrons. The number of amides is 2. The molecule has 2 amide bonds. The lowest BCUT2D eigenvalue weighted by molar-refractivity contribution is -0.116. The number of hydrogen-bond acceptors (Lipinski definition) is 3. The number of hydrogen-bond donors (Lipinski definition) is 3. The Labute approximate surface area is 109 Å². The van der Waals surface area contributed by atoms with Crippen LogP contribution in [0.4, 0.5) is 5.69 Å². The van der Waals surface area contributed by atoms with E-state index in [1.807, 2.05) is 24.3 Å². The van der Waals surface area contributed by atoms with Crippen LogP contribution < -0.4 is 10.6 Å². The Balaban J connectivity index is 1.85. The highest BCUT2D eigenvalue weighted by Gasteiger charge is 2.26. The third-order valence-corrected chi connectivity index (χ3v) is 3.05. The number of nitrogens with one attached hydrogen (secondary N) is 3. The van der Waals surface area contributed by atoms with Gasteiger partial charge in [0.25, 0.3) is 5.91 Å². The summed E-state index contributed by atoms with van der Waals surface area (Å²) in [6.45, 7) is 0. The number of carbonyl (C=O) groups is 2. The molecule has 3 rings (SSSR count). The zero-order chi connectivity index (χ0) is 13.2. The quantitative estimate of drug-likeness (QED) is 0.755. The summed E-state index contributed by atoms with van der Waals surface area (Å²) in [7, 11) is 0. The van der Waals surface area contributed by atoms with E-state index >= 15 is 0 Å². The molecule has 19 heavy (non-hydrogen) atoms. The molecule has 0 saturated carbocycles. The molecular formula is C13H12N4O2. The molecule has 1 aromatic carbocycles. The molecule has 1 atom stereocenters. The lowest BCUT2D eigenvalue weighted by Crippen LogP contribution is -2.35. The molecule has 0 fully saturated rings. The topological polar surface area (TPSA) is 86.9 Å².